The van der Waals surface area contributed by atoms with Gasteiger partial charge in [-0.2, -0.15) is 0 Å². The zero-order chi connectivity index (χ0) is 13.1. The molecule has 1 rings (SSSR count). The van der Waals surface area contributed by atoms with E-state index in [1.165, 1.54) is 5.56 Å². The number of carbonyl (C=O) groups is 1. The molecule has 0 aliphatic heterocycles. The third-order valence-corrected chi connectivity index (χ3v) is 2.98. The second-order valence-corrected chi connectivity index (χ2v) is 5.51. The Morgan fingerprint density at radius 3 is 2.18 bits per heavy atom. The molecule has 0 aliphatic rings. The first-order valence-electron chi connectivity index (χ1n) is 6.24. The third kappa shape index (κ3) is 3.88. The number of rotatable bonds is 3. The van der Waals surface area contributed by atoms with E-state index in [1.54, 1.807) is 0 Å². The van der Waals surface area contributed by atoms with Crippen molar-refractivity contribution in [2.45, 2.75) is 52.5 Å². The molecule has 1 atom stereocenters. The van der Waals surface area contributed by atoms with E-state index in [0.717, 1.165) is 5.56 Å². The zero-order valence-corrected chi connectivity index (χ0v) is 11.5. The topological polar surface area (TPSA) is 29.1 Å². The Labute approximate surface area is 104 Å². The van der Waals surface area contributed by atoms with Crippen LogP contribution in [0.2, 0.25) is 0 Å². The molecular weight excluding hydrogens is 210 g/mol. The summed E-state index contributed by atoms with van der Waals surface area (Å²) in [6, 6.07) is 8.56. The minimum atomic E-state index is 0.0801. The number of carbonyl (C=O) groups excluding carboxylic acids is 1. The lowest BCUT2D eigenvalue weighted by Gasteiger charge is -2.20. The van der Waals surface area contributed by atoms with Crippen LogP contribution in [0, 0.1) is 0 Å². The van der Waals surface area contributed by atoms with Gasteiger partial charge in [-0.05, 0) is 23.5 Å². The molecule has 2 nitrogen and oxygen atoms in total. The van der Waals surface area contributed by atoms with Crippen molar-refractivity contribution >= 4 is 5.91 Å². The molecule has 0 bridgehead atoms. The van der Waals surface area contributed by atoms with E-state index in [0.29, 0.717) is 6.42 Å². The van der Waals surface area contributed by atoms with Crippen LogP contribution in [0.25, 0.3) is 0 Å². The van der Waals surface area contributed by atoms with Crippen molar-refractivity contribution in [1.29, 1.82) is 0 Å². The molecule has 1 amide bonds. The first-order valence-corrected chi connectivity index (χ1v) is 6.24. The summed E-state index contributed by atoms with van der Waals surface area (Å²) < 4.78 is 0. The molecule has 0 spiro atoms. The zero-order valence-electron chi connectivity index (χ0n) is 11.5. The van der Waals surface area contributed by atoms with E-state index in [2.05, 4.69) is 50.4 Å². The monoisotopic (exact) mass is 233 g/mol. The second-order valence-electron chi connectivity index (χ2n) is 5.51. The Kier molecular flexibility index (Phi) is 4.33. The van der Waals surface area contributed by atoms with Gasteiger partial charge in [0, 0.05) is 6.42 Å². The van der Waals surface area contributed by atoms with Crippen LogP contribution in [-0.4, -0.2) is 5.91 Å². The molecular formula is C15H23NO. The van der Waals surface area contributed by atoms with Crippen LogP contribution < -0.4 is 5.32 Å². The molecule has 2 heteroatoms. The van der Waals surface area contributed by atoms with Crippen LogP contribution >= 0.6 is 0 Å². The Hall–Kier alpha value is -1.31. The summed E-state index contributed by atoms with van der Waals surface area (Å²) in [5.41, 5.74) is 2.64. The maximum atomic E-state index is 11.3. The minimum Gasteiger partial charge on any atom is -0.350 e. The number of nitrogens with one attached hydrogen (secondary N) is 1. The van der Waals surface area contributed by atoms with E-state index in [9.17, 15) is 4.79 Å². The maximum Gasteiger partial charge on any atom is 0.220 e. The van der Waals surface area contributed by atoms with Gasteiger partial charge in [-0.1, -0.05) is 52.0 Å². The quantitative estimate of drug-likeness (QED) is 0.849. The predicted molar refractivity (Wildman–Crippen MR) is 72.0 cm³/mol. The van der Waals surface area contributed by atoms with Gasteiger partial charge >= 0.3 is 0 Å². The largest absolute Gasteiger partial charge is 0.350 e. The summed E-state index contributed by atoms with van der Waals surface area (Å²) in [6.07, 6.45) is 0.532. The van der Waals surface area contributed by atoms with Gasteiger partial charge in [-0.15, -0.1) is 0 Å². The van der Waals surface area contributed by atoms with Gasteiger partial charge in [-0.3, -0.25) is 4.79 Å². The van der Waals surface area contributed by atoms with Gasteiger partial charge in [0.25, 0.3) is 0 Å². The van der Waals surface area contributed by atoms with Crippen molar-refractivity contribution < 1.29 is 4.79 Å². The lowest BCUT2D eigenvalue weighted by atomic mass is 9.86. The van der Waals surface area contributed by atoms with E-state index in [4.69, 9.17) is 0 Å². The van der Waals surface area contributed by atoms with E-state index >= 15 is 0 Å². The molecule has 0 saturated carbocycles. The highest BCUT2D eigenvalue weighted by atomic mass is 16.1. The van der Waals surface area contributed by atoms with Crippen molar-refractivity contribution in [2.75, 3.05) is 0 Å². The lowest BCUT2D eigenvalue weighted by Crippen LogP contribution is -2.25. The Morgan fingerprint density at radius 2 is 1.76 bits per heavy atom. The van der Waals surface area contributed by atoms with Crippen molar-refractivity contribution in [2.24, 2.45) is 0 Å². The van der Waals surface area contributed by atoms with Crippen molar-refractivity contribution in [3.63, 3.8) is 0 Å². The smallest absolute Gasteiger partial charge is 0.220 e. The molecule has 0 heterocycles. The SMILES string of the molecule is CCC(=O)NC(C)c1ccc(C(C)(C)C)cc1. The Morgan fingerprint density at radius 1 is 1.24 bits per heavy atom. The van der Waals surface area contributed by atoms with Crippen molar-refractivity contribution in [3.05, 3.63) is 35.4 Å². The van der Waals surface area contributed by atoms with Gasteiger partial charge in [0.2, 0.25) is 5.91 Å². The van der Waals surface area contributed by atoms with Crippen LogP contribution in [0.5, 0.6) is 0 Å². The van der Waals surface area contributed by atoms with E-state index < -0.39 is 0 Å². The molecule has 1 aromatic rings. The average Bonchev–Trinajstić information content (AvgIpc) is 2.27. The number of hydrogen-bond acceptors (Lipinski definition) is 1. The lowest BCUT2D eigenvalue weighted by molar-refractivity contribution is -0.121. The highest BCUT2D eigenvalue weighted by Gasteiger charge is 2.14. The molecule has 1 aromatic carbocycles. The first kappa shape index (κ1) is 13.8. The molecule has 0 aliphatic carbocycles. The molecule has 0 aromatic heterocycles. The van der Waals surface area contributed by atoms with Crippen LogP contribution in [-0.2, 0) is 10.2 Å². The highest BCUT2D eigenvalue weighted by Crippen LogP contribution is 2.23. The average molecular weight is 233 g/mol. The Balaban J connectivity index is 2.77. The molecule has 0 fully saturated rings. The normalized spacial score (nSPS) is 13.2. The summed E-state index contributed by atoms with van der Waals surface area (Å²) in [5.74, 6) is 0.0948. The van der Waals surface area contributed by atoms with Crippen LogP contribution in [0.15, 0.2) is 24.3 Å². The van der Waals surface area contributed by atoms with Gasteiger partial charge < -0.3 is 5.32 Å². The fourth-order valence-corrected chi connectivity index (χ4v) is 1.70. The van der Waals surface area contributed by atoms with E-state index in [-0.39, 0.29) is 17.4 Å². The van der Waals surface area contributed by atoms with Crippen LogP contribution in [0.3, 0.4) is 0 Å². The molecule has 0 saturated heterocycles. The molecule has 0 radical (unpaired) electrons. The van der Waals surface area contributed by atoms with Gasteiger partial charge in [0.05, 0.1) is 6.04 Å². The fourth-order valence-electron chi connectivity index (χ4n) is 1.70. The van der Waals surface area contributed by atoms with Crippen molar-refractivity contribution in [3.8, 4) is 0 Å². The Bertz CT molecular complexity index is 373. The molecule has 1 unspecified atom stereocenters. The second kappa shape index (κ2) is 5.35. The van der Waals surface area contributed by atoms with Crippen LogP contribution in [0.1, 0.15) is 58.2 Å². The minimum absolute atomic E-state index is 0.0801. The number of benzene rings is 1. The van der Waals surface area contributed by atoms with E-state index in [1.807, 2.05) is 13.8 Å². The maximum absolute atomic E-state index is 11.3. The first-order chi connectivity index (χ1) is 7.84. The highest BCUT2D eigenvalue weighted by molar-refractivity contribution is 5.75. The molecule has 17 heavy (non-hydrogen) atoms. The number of hydrogen-bond donors (Lipinski definition) is 1. The molecule has 1 N–H and O–H groups in total. The standard InChI is InChI=1S/C15H23NO/c1-6-14(17)16-11(2)12-7-9-13(10-8-12)15(3,4)5/h7-11H,6H2,1-5H3,(H,16,17). The van der Waals surface area contributed by atoms with Crippen LogP contribution in [0.4, 0.5) is 0 Å². The molecule has 94 valence electrons. The summed E-state index contributed by atoms with van der Waals surface area (Å²) in [5, 5.41) is 2.97. The van der Waals surface area contributed by atoms with Gasteiger partial charge in [-0.25, -0.2) is 0 Å². The number of amides is 1. The summed E-state index contributed by atoms with van der Waals surface area (Å²) in [4.78, 5) is 11.3. The summed E-state index contributed by atoms with van der Waals surface area (Å²) in [6.45, 7) is 10.5. The summed E-state index contributed by atoms with van der Waals surface area (Å²) in [7, 11) is 0. The van der Waals surface area contributed by atoms with Crippen molar-refractivity contribution in [1.82, 2.24) is 5.32 Å². The van der Waals surface area contributed by atoms with Gasteiger partial charge in [0.15, 0.2) is 0 Å². The third-order valence-electron chi connectivity index (χ3n) is 2.98. The predicted octanol–water partition coefficient (Wildman–Crippen LogP) is 3.57. The fraction of sp³-hybridized carbons (Fsp3) is 0.533. The summed E-state index contributed by atoms with van der Waals surface area (Å²) >= 11 is 0. The van der Waals surface area contributed by atoms with Gasteiger partial charge in [0.1, 0.15) is 0 Å².